The van der Waals surface area contributed by atoms with Crippen LogP contribution in [0.3, 0.4) is 0 Å². The Kier molecular flexibility index (Phi) is 5.30. The highest BCUT2D eigenvalue weighted by atomic mass is 19.1. The number of ether oxygens (including phenoxy) is 1. The molecule has 1 aromatic carbocycles. The summed E-state index contributed by atoms with van der Waals surface area (Å²) in [5.74, 6) is -0.383. The van der Waals surface area contributed by atoms with Crippen molar-refractivity contribution in [3.8, 4) is 0 Å². The Morgan fingerprint density at radius 2 is 2.16 bits per heavy atom. The Hall–Kier alpha value is -1.62. The zero-order valence-corrected chi connectivity index (χ0v) is 11.4. The van der Waals surface area contributed by atoms with Gasteiger partial charge in [0.2, 0.25) is 0 Å². The van der Waals surface area contributed by atoms with Crippen molar-refractivity contribution in [2.24, 2.45) is 0 Å². The molecule has 0 spiro atoms. The van der Waals surface area contributed by atoms with Gasteiger partial charge in [-0.2, -0.15) is 0 Å². The Bertz CT molecular complexity index is 429. The molecule has 5 heteroatoms. The van der Waals surface area contributed by atoms with Gasteiger partial charge >= 0.3 is 6.09 Å². The second-order valence-electron chi connectivity index (χ2n) is 5.27. The molecular formula is C14H20FNO3. The van der Waals surface area contributed by atoms with E-state index in [1.165, 1.54) is 12.1 Å². The zero-order valence-electron chi connectivity index (χ0n) is 11.4. The first-order valence-corrected chi connectivity index (χ1v) is 6.17. The normalized spacial score (nSPS) is 12.9. The number of nitrogens with one attached hydrogen (secondary N) is 1. The molecule has 0 aromatic heterocycles. The van der Waals surface area contributed by atoms with E-state index in [2.05, 4.69) is 5.32 Å². The van der Waals surface area contributed by atoms with Crippen molar-refractivity contribution >= 4 is 6.09 Å². The van der Waals surface area contributed by atoms with Gasteiger partial charge in [0, 0.05) is 6.61 Å². The topological polar surface area (TPSA) is 58.6 Å². The third-order valence-corrected chi connectivity index (χ3v) is 2.36. The van der Waals surface area contributed by atoms with Crippen molar-refractivity contribution in [2.75, 3.05) is 6.61 Å². The smallest absolute Gasteiger partial charge is 0.408 e. The summed E-state index contributed by atoms with van der Waals surface area (Å²) >= 11 is 0. The first-order valence-electron chi connectivity index (χ1n) is 6.17. The number of halogens is 1. The second kappa shape index (κ2) is 6.52. The van der Waals surface area contributed by atoms with E-state index in [9.17, 15) is 9.18 Å². The molecule has 0 radical (unpaired) electrons. The summed E-state index contributed by atoms with van der Waals surface area (Å²) in [6, 6.07) is 5.44. The molecular weight excluding hydrogens is 249 g/mol. The number of benzene rings is 1. The van der Waals surface area contributed by atoms with E-state index in [1.54, 1.807) is 32.9 Å². The second-order valence-corrected chi connectivity index (χ2v) is 5.27. The summed E-state index contributed by atoms with van der Waals surface area (Å²) in [6.07, 6.45) is -0.293. The third kappa shape index (κ3) is 5.70. The van der Waals surface area contributed by atoms with Crippen LogP contribution in [0, 0.1) is 5.82 Å². The van der Waals surface area contributed by atoms with Crippen LogP contribution in [-0.4, -0.2) is 23.4 Å². The van der Waals surface area contributed by atoms with Crippen LogP contribution in [0.2, 0.25) is 0 Å². The summed E-state index contributed by atoms with van der Waals surface area (Å²) in [5, 5.41) is 11.7. The molecule has 0 heterocycles. The van der Waals surface area contributed by atoms with E-state index in [4.69, 9.17) is 9.84 Å². The van der Waals surface area contributed by atoms with Crippen molar-refractivity contribution in [1.82, 2.24) is 5.32 Å². The SMILES string of the molecule is CC(C)(C)OC(=O)N[C@@H](CCO)c1cccc(F)c1. The summed E-state index contributed by atoms with van der Waals surface area (Å²) in [4.78, 5) is 11.7. The first-order chi connectivity index (χ1) is 8.81. The predicted octanol–water partition coefficient (Wildman–Crippen LogP) is 2.77. The van der Waals surface area contributed by atoms with Crippen molar-refractivity contribution in [2.45, 2.75) is 38.8 Å². The Morgan fingerprint density at radius 3 is 2.68 bits per heavy atom. The fourth-order valence-electron chi connectivity index (χ4n) is 1.62. The van der Waals surface area contributed by atoms with Crippen molar-refractivity contribution in [3.05, 3.63) is 35.6 Å². The maximum absolute atomic E-state index is 13.2. The molecule has 4 nitrogen and oxygen atoms in total. The molecule has 106 valence electrons. The highest BCUT2D eigenvalue weighted by Crippen LogP contribution is 2.18. The van der Waals surface area contributed by atoms with Gasteiger partial charge in [0.15, 0.2) is 0 Å². The molecule has 0 bridgehead atoms. The molecule has 0 saturated heterocycles. The van der Waals surface area contributed by atoms with Gasteiger partial charge < -0.3 is 15.2 Å². The molecule has 0 saturated carbocycles. The maximum Gasteiger partial charge on any atom is 0.408 e. The lowest BCUT2D eigenvalue weighted by atomic mass is 10.0. The number of rotatable bonds is 4. The zero-order chi connectivity index (χ0) is 14.5. The summed E-state index contributed by atoms with van der Waals surface area (Å²) in [6.45, 7) is 5.17. The van der Waals surface area contributed by atoms with Crippen LogP contribution >= 0.6 is 0 Å². The highest BCUT2D eigenvalue weighted by Gasteiger charge is 2.20. The minimum Gasteiger partial charge on any atom is -0.444 e. The molecule has 1 atom stereocenters. The molecule has 0 fully saturated rings. The monoisotopic (exact) mass is 269 g/mol. The number of carbonyl (C=O) groups is 1. The van der Waals surface area contributed by atoms with Gasteiger partial charge in [0.1, 0.15) is 11.4 Å². The largest absolute Gasteiger partial charge is 0.444 e. The lowest BCUT2D eigenvalue weighted by molar-refractivity contribution is 0.0496. The van der Waals surface area contributed by atoms with Gasteiger partial charge in [0.25, 0.3) is 0 Å². The third-order valence-electron chi connectivity index (χ3n) is 2.36. The Labute approximate surface area is 112 Å². The molecule has 1 rings (SSSR count). The molecule has 0 aliphatic carbocycles. The molecule has 1 aromatic rings. The van der Waals surface area contributed by atoms with E-state index in [1.807, 2.05) is 0 Å². The molecule has 1 amide bonds. The van der Waals surface area contributed by atoms with E-state index in [0.717, 1.165) is 0 Å². The summed E-state index contributed by atoms with van der Waals surface area (Å²) in [5.41, 5.74) is -0.00426. The highest BCUT2D eigenvalue weighted by molar-refractivity contribution is 5.68. The maximum atomic E-state index is 13.2. The van der Waals surface area contributed by atoms with Crippen LogP contribution in [0.25, 0.3) is 0 Å². The van der Waals surface area contributed by atoms with Gasteiger partial charge in [-0.3, -0.25) is 0 Å². The number of hydrogen-bond donors (Lipinski definition) is 2. The molecule has 0 unspecified atom stereocenters. The number of amides is 1. The van der Waals surface area contributed by atoms with Gasteiger partial charge in [-0.05, 0) is 44.9 Å². The van der Waals surface area contributed by atoms with Crippen LogP contribution in [0.5, 0.6) is 0 Å². The van der Waals surface area contributed by atoms with Gasteiger partial charge in [0.05, 0.1) is 6.04 Å². The van der Waals surface area contributed by atoms with Gasteiger partial charge in [-0.1, -0.05) is 12.1 Å². The molecule has 0 aliphatic heterocycles. The van der Waals surface area contributed by atoms with Gasteiger partial charge in [-0.15, -0.1) is 0 Å². The van der Waals surface area contributed by atoms with Crippen LogP contribution in [0.15, 0.2) is 24.3 Å². The fraction of sp³-hybridized carbons (Fsp3) is 0.500. The van der Waals surface area contributed by atoms with Crippen LogP contribution in [0.4, 0.5) is 9.18 Å². The Balaban J connectivity index is 2.76. The average Bonchev–Trinajstić information content (AvgIpc) is 2.26. The molecule has 0 aliphatic rings. The van der Waals surface area contributed by atoms with E-state index < -0.39 is 17.7 Å². The minimum absolute atomic E-state index is 0.114. The number of hydrogen-bond acceptors (Lipinski definition) is 3. The lowest BCUT2D eigenvalue weighted by Crippen LogP contribution is -2.35. The van der Waals surface area contributed by atoms with E-state index in [-0.39, 0.29) is 12.4 Å². The quantitative estimate of drug-likeness (QED) is 0.883. The molecule has 2 N–H and O–H groups in total. The van der Waals surface area contributed by atoms with Crippen molar-refractivity contribution in [3.63, 3.8) is 0 Å². The Morgan fingerprint density at radius 1 is 1.47 bits per heavy atom. The van der Waals surface area contributed by atoms with Crippen molar-refractivity contribution in [1.29, 1.82) is 0 Å². The van der Waals surface area contributed by atoms with Crippen molar-refractivity contribution < 1.29 is 19.0 Å². The number of carbonyl (C=O) groups excluding carboxylic acids is 1. The number of aliphatic hydroxyl groups is 1. The van der Waals surface area contributed by atoms with E-state index >= 15 is 0 Å². The van der Waals surface area contributed by atoms with E-state index in [0.29, 0.717) is 12.0 Å². The van der Waals surface area contributed by atoms with Crippen LogP contribution in [-0.2, 0) is 4.74 Å². The van der Waals surface area contributed by atoms with Crippen LogP contribution < -0.4 is 5.32 Å². The predicted molar refractivity (Wildman–Crippen MR) is 70.2 cm³/mol. The van der Waals surface area contributed by atoms with Crippen LogP contribution in [0.1, 0.15) is 38.8 Å². The molecule has 19 heavy (non-hydrogen) atoms. The fourth-order valence-corrected chi connectivity index (χ4v) is 1.62. The number of alkyl carbamates (subject to hydrolysis) is 1. The number of aliphatic hydroxyl groups excluding tert-OH is 1. The lowest BCUT2D eigenvalue weighted by Gasteiger charge is -2.23. The summed E-state index contributed by atoms with van der Waals surface area (Å²) in [7, 11) is 0. The standard InChI is InChI=1S/C14H20FNO3/c1-14(2,3)19-13(18)16-12(7-8-17)10-5-4-6-11(15)9-10/h4-6,9,12,17H,7-8H2,1-3H3,(H,16,18)/t12-/m0/s1. The van der Waals surface area contributed by atoms with Gasteiger partial charge in [-0.25, -0.2) is 9.18 Å². The summed E-state index contributed by atoms with van der Waals surface area (Å²) < 4.78 is 18.3. The average molecular weight is 269 g/mol. The first kappa shape index (κ1) is 15.4. The minimum atomic E-state index is -0.601.